The van der Waals surface area contributed by atoms with Crippen molar-refractivity contribution in [1.82, 2.24) is 4.98 Å². The van der Waals surface area contributed by atoms with Crippen LogP contribution in [0.4, 0.5) is 0 Å². The summed E-state index contributed by atoms with van der Waals surface area (Å²) >= 11 is 0. The fourth-order valence-electron chi connectivity index (χ4n) is 2.20. The lowest BCUT2D eigenvalue weighted by atomic mass is 9.96. The minimum absolute atomic E-state index is 0.154. The van der Waals surface area contributed by atoms with Gasteiger partial charge in [0.2, 0.25) is 0 Å². The van der Waals surface area contributed by atoms with Crippen LogP contribution in [0.5, 0.6) is 0 Å². The van der Waals surface area contributed by atoms with Crippen molar-refractivity contribution < 1.29 is 5.11 Å². The number of pyridine rings is 1. The van der Waals surface area contributed by atoms with Gasteiger partial charge in [0.05, 0.1) is 6.10 Å². The fourth-order valence-corrected chi connectivity index (χ4v) is 2.20. The summed E-state index contributed by atoms with van der Waals surface area (Å²) in [5, 5.41) is 9.77. The standard InChI is InChI=1S/C12H17NO/c1-8-6-10(7-13-9(8)2)11-4-3-5-12(11)14/h6-7,11-12,14H,3-5H2,1-2H3. The molecule has 1 aliphatic rings. The average Bonchev–Trinajstić information content (AvgIpc) is 2.57. The molecule has 1 saturated carbocycles. The minimum atomic E-state index is -0.154. The molecule has 2 heteroatoms. The van der Waals surface area contributed by atoms with E-state index in [9.17, 15) is 5.11 Å². The molecule has 0 saturated heterocycles. The predicted molar refractivity (Wildman–Crippen MR) is 56.3 cm³/mol. The van der Waals surface area contributed by atoms with Gasteiger partial charge in [-0.2, -0.15) is 0 Å². The molecule has 0 radical (unpaired) electrons. The number of nitrogens with zero attached hydrogens (tertiary/aromatic N) is 1. The molecule has 1 aromatic heterocycles. The summed E-state index contributed by atoms with van der Waals surface area (Å²) in [5.74, 6) is 0.321. The van der Waals surface area contributed by atoms with E-state index in [4.69, 9.17) is 0 Å². The molecule has 1 aromatic rings. The van der Waals surface area contributed by atoms with E-state index in [1.165, 1.54) is 11.1 Å². The first-order valence-corrected chi connectivity index (χ1v) is 5.29. The molecule has 0 spiro atoms. The Labute approximate surface area is 85.0 Å². The van der Waals surface area contributed by atoms with E-state index < -0.39 is 0 Å². The van der Waals surface area contributed by atoms with Crippen molar-refractivity contribution >= 4 is 0 Å². The molecule has 1 aliphatic carbocycles. The van der Waals surface area contributed by atoms with Gasteiger partial charge in [0.25, 0.3) is 0 Å². The molecule has 1 N–H and O–H groups in total. The quantitative estimate of drug-likeness (QED) is 0.739. The first-order chi connectivity index (χ1) is 6.68. The van der Waals surface area contributed by atoms with Crippen LogP contribution in [0.2, 0.25) is 0 Å². The van der Waals surface area contributed by atoms with Gasteiger partial charge in [0.15, 0.2) is 0 Å². The SMILES string of the molecule is Cc1cc(C2CCCC2O)cnc1C. The Balaban J connectivity index is 2.28. The maximum atomic E-state index is 9.77. The first-order valence-electron chi connectivity index (χ1n) is 5.29. The van der Waals surface area contributed by atoms with Crippen molar-refractivity contribution in [2.75, 3.05) is 0 Å². The van der Waals surface area contributed by atoms with Crippen molar-refractivity contribution in [2.45, 2.75) is 45.1 Å². The van der Waals surface area contributed by atoms with Crippen LogP contribution in [0.3, 0.4) is 0 Å². The smallest absolute Gasteiger partial charge is 0.0609 e. The highest BCUT2D eigenvalue weighted by Crippen LogP contribution is 2.34. The van der Waals surface area contributed by atoms with Crippen LogP contribution >= 0.6 is 0 Å². The van der Waals surface area contributed by atoms with E-state index in [0.717, 1.165) is 25.0 Å². The maximum absolute atomic E-state index is 9.77. The third-order valence-corrected chi connectivity index (χ3v) is 3.27. The number of aliphatic hydroxyl groups excluding tert-OH is 1. The van der Waals surface area contributed by atoms with Gasteiger partial charge in [-0.1, -0.05) is 12.5 Å². The number of aliphatic hydroxyl groups is 1. The summed E-state index contributed by atoms with van der Waals surface area (Å²) in [6.07, 6.45) is 4.95. The molecular weight excluding hydrogens is 174 g/mol. The van der Waals surface area contributed by atoms with Crippen LogP contribution in [0, 0.1) is 13.8 Å². The molecule has 2 atom stereocenters. The third kappa shape index (κ3) is 1.67. The Hall–Kier alpha value is -0.890. The van der Waals surface area contributed by atoms with E-state index in [1.54, 1.807) is 0 Å². The Morgan fingerprint density at radius 1 is 1.36 bits per heavy atom. The molecule has 0 amide bonds. The molecule has 2 rings (SSSR count). The second kappa shape index (κ2) is 3.70. The summed E-state index contributed by atoms with van der Waals surface area (Å²) in [7, 11) is 0. The van der Waals surface area contributed by atoms with Gasteiger partial charge in [0.1, 0.15) is 0 Å². The van der Waals surface area contributed by atoms with Crippen LogP contribution in [-0.4, -0.2) is 16.2 Å². The molecule has 1 heterocycles. The molecule has 0 bridgehead atoms. The summed E-state index contributed by atoms with van der Waals surface area (Å²) in [4.78, 5) is 4.35. The number of aromatic nitrogens is 1. The van der Waals surface area contributed by atoms with E-state index in [1.807, 2.05) is 13.1 Å². The number of rotatable bonds is 1. The number of hydrogen-bond acceptors (Lipinski definition) is 2. The zero-order chi connectivity index (χ0) is 10.1. The highest BCUT2D eigenvalue weighted by Gasteiger charge is 2.26. The van der Waals surface area contributed by atoms with Crippen LogP contribution < -0.4 is 0 Å². The zero-order valence-electron chi connectivity index (χ0n) is 8.83. The Morgan fingerprint density at radius 3 is 2.71 bits per heavy atom. The van der Waals surface area contributed by atoms with Crippen molar-refractivity contribution in [2.24, 2.45) is 0 Å². The second-order valence-corrected chi connectivity index (χ2v) is 4.28. The van der Waals surface area contributed by atoms with Gasteiger partial charge < -0.3 is 5.11 Å². The predicted octanol–water partition coefficient (Wildman–Crippen LogP) is 2.33. The van der Waals surface area contributed by atoms with Gasteiger partial charge >= 0.3 is 0 Å². The van der Waals surface area contributed by atoms with Gasteiger partial charge in [-0.15, -0.1) is 0 Å². The van der Waals surface area contributed by atoms with Gasteiger partial charge in [-0.3, -0.25) is 4.98 Å². The number of hydrogen-bond donors (Lipinski definition) is 1. The molecular formula is C12H17NO. The summed E-state index contributed by atoms with van der Waals surface area (Å²) < 4.78 is 0. The lowest BCUT2D eigenvalue weighted by Gasteiger charge is -2.15. The van der Waals surface area contributed by atoms with Crippen molar-refractivity contribution in [1.29, 1.82) is 0 Å². The number of aryl methyl sites for hydroxylation is 2. The Bertz CT molecular complexity index is 335. The Kier molecular flexibility index (Phi) is 2.55. The van der Waals surface area contributed by atoms with Gasteiger partial charge in [-0.05, 0) is 37.8 Å². The molecule has 2 unspecified atom stereocenters. The maximum Gasteiger partial charge on any atom is 0.0609 e. The largest absolute Gasteiger partial charge is 0.392 e. The van der Waals surface area contributed by atoms with Crippen molar-refractivity contribution in [3.63, 3.8) is 0 Å². The van der Waals surface area contributed by atoms with Gasteiger partial charge in [-0.25, -0.2) is 0 Å². The molecule has 0 aliphatic heterocycles. The first kappa shape index (κ1) is 9.66. The molecule has 14 heavy (non-hydrogen) atoms. The molecule has 0 aromatic carbocycles. The normalized spacial score (nSPS) is 26.8. The van der Waals surface area contributed by atoms with E-state index in [-0.39, 0.29) is 6.10 Å². The topological polar surface area (TPSA) is 33.1 Å². The summed E-state index contributed by atoms with van der Waals surface area (Å²) in [6.45, 7) is 4.09. The highest BCUT2D eigenvalue weighted by atomic mass is 16.3. The molecule has 2 nitrogen and oxygen atoms in total. The lowest BCUT2D eigenvalue weighted by Crippen LogP contribution is -2.11. The van der Waals surface area contributed by atoms with Crippen molar-refractivity contribution in [3.8, 4) is 0 Å². The van der Waals surface area contributed by atoms with Gasteiger partial charge in [0, 0.05) is 17.8 Å². The van der Waals surface area contributed by atoms with Crippen LogP contribution in [0.1, 0.15) is 42.0 Å². The van der Waals surface area contributed by atoms with E-state index in [0.29, 0.717) is 5.92 Å². The fraction of sp³-hybridized carbons (Fsp3) is 0.583. The average molecular weight is 191 g/mol. The molecule has 1 fully saturated rings. The van der Waals surface area contributed by atoms with Crippen LogP contribution in [0.25, 0.3) is 0 Å². The third-order valence-electron chi connectivity index (χ3n) is 3.27. The zero-order valence-corrected chi connectivity index (χ0v) is 8.83. The van der Waals surface area contributed by atoms with E-state index in [2.05, 4.69) is 18.0 Å². The van der Waals surface area contributed by atoms with Crippen LogP contribution in [0.15, 0.2) is 12.3 Å². The van der Waals surface area contributed by atoms with E-state index >= 15 is 0 Å². The summed E-state index contributed by atoms with van der Waals surface area (Å²) in [5.41, 5.74) is 3.51. The molecule has 76 valence electrons. The Morgan fingerprint density at radius 2 is 2.14 bits per heavy atom. The van der Waals surface area contributed by atoms with Crippen molar-refractivity contribution in [3.05, 3.63) is 29.1 Å². The minimum Gasteiger partial charge on any atom is -0.392 e. The summed E-state index contributed by atoms with van der Waals surface area (Å²) in [6, 6.07) is 2.17. The van der Waals surface area contributed by atoms with Crippen LogP contribution in [-0.2, 0) is 0 Å². The second-order valence-electron chi connectivity index (χ2n) is 4.28. The monoisotopic (exact) mass is 191 g/mol. The highest BCUT2D eigenvalue weighted by molar-refractivity contribution is 5.27. The lowest BCUT2D eigenvalue weighted by molar-refractivity contribution is 0.163.